The molecule has 17 heavy (non-hydrogen) atoms. The Balaban J connectivity index is 1.83. The Hall–Kier alpha value is -1.84. The van der Waals surface area contributed by atoms with E-state index in [0.717, 1.165) is 30.5 Å². The summed E-state index contributed by atoms with van der Waals surface area (Å²) in [5, 5.41) is 5.66. The molecule has 3 rings (SSSR count). The fraction of sp³-hybridized carbons (Fsp3) is 0.385. The molecule has 0 radical (unpaired) electrons. The largest absolute Gasteiger partial charge is 0.352 e. The number of carbonyl (C=O) groups excluding carboxylic acids is 2. The average Bonchev–Trinajstić information content (AvgIpc) is 3.14. The lowest BCUT2D eigenvalue weighted by molar-refractivity contribution is -0.117. The van der Waals surface area contributed by atoms with Gasteiger partial charge in [-0.3, -0.25) is 9.59 Å². The maximum Gasteiger partial charge on any atom is 0.251 e. The summed E-state index contributed by atoms with van der Waals surface area (Å²) in [5.74, 6) is 0.204. The van der Waals surface area contributed by atoms with E-state index in [4.69, 9.17) is 0 Å². The summed E-state index contributed by atoms with van der Waals surface area (Å²) in [4.78, 5) is 23.3. The van der Waals surface area contributed by atoms with Crippen molar-refractivity contribution in [3.63, 3.8) is 0 Å². The standard InChI is InChI=1S/C13H14N2O2/c16-12(9-1-2-9)15-10-4-3-8-5-6-14-13(17)11(8)7-10/h3-4,7,9H,1-2,5-6H2,(H,14,17)(H,15,16). The molecule has 1 saturated carbocycles. The fourth-order valence-corrected chi connectivity index (χ4v) is 2.08. The molecule has 1 aromatic carbocycles. The quantitative estimate of drug-likeness (QED) is 0.805. The van der Waals surface area contributed by atoms with Crippen LogP contribution in [-0.4, -0.2) is 18.4 Å². The number of amides is 2. The van der Waals surface area contributed by atoms with E-state index in [1.54, 1.807) is 6.07 Å². The van der Waals surface area contributed by atoms with Crippen molar-refractivity contribution in [2.45, 2.75) is 19.3 Å². The molecule has 2 amide bonds. The van der Waals surface area contributed by atoms with Crippen LogP contribution in [-0.2, 0) is 11.2 Å². The molecule has 88 valence electrons. The van der Waals surface area contributed by atoms with Crippen molar-refractivity contribution in [2.75, 3.05) is 11.9 Å². The first-order chi connectivity index (χ1) is 8.24. The molecule has 0 bridgehead atoms. The summed E-state index contributed by atoms with van der Waals surface area (Å²) in [6, 6.07) is 5.57. The highest BCUT2D eigenvalue weighted by Gasteiger charge is 2.29. The van der Waals surface area contributed by atoms with Crippen LogP contribution in [0.2, 0.25) is 0 Å². The predicted molar refractivity (Wildman–Crippen MR) is 63.8 cm³/mol. The molecule has 2 aliphatic rings. The Morgan fingerprint density at radius 3 is 2.94 bits per heavy atom. The first-order valence-electron chi connectivity index (χ1n) is 5.96. The maximum absolute atomic E-state index is 11.6. The smallest absolute Gasteiger partial charge is 0.251 e. The summed E-state index contributed by atoms with van der Waals surface area (Å²) in [7, 11) is 0. The molecule has 4 heteroatoms. The lowest BCUT2D eigenvalue weighted by atomic mass is 10.00. The lowest BCUT2D eigenvalue weighted by Gasteiger charge is -2.17. The van der Waals surface area contributed by atoms with Gasteiger partial charge in [0.25, 0.3) is 5.91 Å². The zero-order chi connectivity index (χ0) is 11.8. The molecule has 1 heterocycles. The van der Waals surface area contributed by atoms with E-state index in [1.165, 1.54) is 0 Å². The summed E-state index contributed by atoms with van der Waals surface area (Å²) in [6.45, 7) is 0.694. The minimum absolute atomic E-state index is 0.0474. The second kappa shape index (κ2) is 3.87. The lowest BCUT2D eigenvalue weighted by Crippen LogP contribution is -2.31. The third-order valence-electron chi connectivity index (χ3n) is 3.25. The number of anilines is 1. The van der Waals surface area contributed by atoms with Crippen LogP contribution in [0, 0.1) is 5.92 Å². The van der Waals surface area contributed by atoms with E-state index in [2.05, 4.69) is 10.6 Å². The Morgan fingerprint density at radius 1 is 1.35 bits per heavy atom. The number of benzene rings is 1. The van der Waals surface area contributed by atoms with E-state index in [-0.39, 0.29) is 17.7 Å². The molecule has 0 unspecified atom stereocenters. The van der Waals surface area contributed by atoms with E-state index < -0.39 is 0 Å². The summed E-state index contributed by atoms with van der Waals surface area (Å²) >= 11 is 0. The van der Waals surface area contributed by atoms with Crippen LogP contribution >= 0.6 is 0 Å². The molecule has 0 spiro atoms. The summed E-state index contributed by atoms with van der Waals surface area (Å²) in [5.41, 5.74) is 2.46. The van der Waals surface area contributed by atoms with Gasteiger partial charge in [-0.25, -0.2) is 0 Å². The van der Waals surface area contributed by atoms with Crippen LogP contribution in [0.3, 0.4) is 0 Å². The number of carbonyl (C=O) groups is 2. The first-order valence-corrected chi connectivity index (χ1v) is 5.96. The number of nitrogens with one attached hydrogen (secondary N) is 2. The van der Waals surface area contributed by atoms with Gasteiger partial charge in [0, 0.05) is 23.7 Å². The normalized spacial score (nSPS) is 18.2. The summed E-state index contributed by atoms with van der Waals surface area (Å²) in [6.07, 6.45) is 2.83. The third-order valence-corrected chi connectivity index (χ3v) is 3.25. The molecular weight excluding hydrogens is 216 g/mol. The molecule has 1 fully saturated rings. The van der Waals surface area contributed by atoms with Gasteiger partial charge >= 0.3 is 0 Å². The number of hydrogen-bond acceptors (Lipinski definition) is 2. The van der Waals surface area contributed by atoms with Crippen molar-refractivity contribution >= 4 is 17.5 Å². The van der Waals surface area contributed by atoms with Crippen LogP contribution in [0.4, 0.5) is 5.69 Å². The second-order valence-electron chi connectivity index (χ2n) is 4.64. The topological polar surface area (TPSA) is 58.2 Å². The van der Waals surface area contributed by atoms with Crippen molar-refractivity contribution in [3.05, 3.63) is 29.3 Å². The molecule has 1 aliphatic carbocycles. The van der Waals surface area contributed by atoms with Gasteiger partial charge in [0.05, 0.1) is 0 Å². The molecule has 1 aliphatic heterocycles. The van der Waals surface area contributed by atoms with Crippen LogP contribution < -0.4 is 10.6 Å². The third kappa shape index (κ3) is 2.02. The molecule has 4 nitrogen and oxygen atoms in total. The average molecular weight is 230 g/mol. The molecule has 0 saturated heterocycles. The summed E-state index contributed by atoms with van der Waals surface area (Å²) < 4.78 is 0. The molecule has 0 atom stereocenters. The van der Waals surface area contributed by atoms with E-state index in [9.17, 15) is 9.59 Å². The minimum Gasteiger partial charge on any atom is -0.352 e. The highest BCUT2D eigenvalue weighted by atomic mass is 16.2. The Morgan fingerprint density at radius 2 is 2.18 bits per heavy atom. The van der Waals surface area contributed by atoms with Gasteiger partial charge < -0.3 is 10.6 Å². The van der Waals surface area contributed by atoms with Gasteiger partial charge in [0.15, 0.2) is 0 Å². The van der Waals surface area contributed by atoms with Crippen molar-refractivity contribution in [3.8, 4) is 0 Å². The van der Waals surface area contributed by atoms with Crippen molar-refractivity contribution in [2.24, 2.45) is 5.92 Å². The first kappa shape index (κ1) is 10.3. The predicted octanol–water partition coefficient (Wildman–Crippen LogP) is 1.32. The van der Waals surface area contributed by atoms with E-state index in [1.807, 2.05) is 12.1 Å². The van der Waals surface area contributed by atoms with E-state index >= 15 is 0 Å². The van der Waals surface area contributed by atoms with Crippen LogP contribution in [0.25, 0.3) is 0 Å². The monoisotopic (exact) mass is 230 g/mol. The Kier molecular flexibility index (Phi) is 2.35. The van der Waals surface area contributed by atoms with Gasteiger partial charge in [-0.2, -0.15) is 0 Å². The number of fused-ring (bicyclic) bond motifs is 1. The van der Waals surface area contributed by atoms with Crippen molar-refractivity contribution < 1.29 is 9.59 Å². The SMILES string of the molecule is O=C1NCCc2ccc(NC(=O)C3CC3)cc21. The molecule has 2 N–H and O–H groups in total. The van der Waals surface area contributed by atoms with Crippen LogP contribution in [0.15, 0.2) is 18.2 Å². The Labute approximate surface area is 99.4 Å². The van der Waals surface area contributed by atoms with Crippen molar-refractivity contribution in [1.29, 1.82) is 0 Å². The molecule has 0 aromatic heterocycles. The Bertz CT molecular complexity index is 492. The fourth-order valence-electron chi connectivity index (χ4n) is 2.08. The van der Waals surface area contributed by atoms with Gasteiger partial charge in [-0.05, 0) is 37.0 Å². The zero-order valence-electron chi connectivity index (χ0n) is 9.45. The van der Waals surface area contributed by atoms with Gasteiger partial charge in [0.2, 0.25) is 5.91 Å². The second-order valence-corrected chi connectivity index (χ2v) is 4.64. The molecule has 1 aromatic rings. The maximum atomic E-state index is 11.6. The van der Waals surface area contributed by atoms with Crippen LogP contribution in [0.5, 0.6) is 0 Å². The van der Waals surface area contributed by atoms with Gasteiger partial charge in [-0.1, -0.05) is 6.07 Å². The highest BCUT2D eigenvalue weighted by molar-refractivity contribution is 5.99. The molecular formula is C13H14N2O2. The van der Waals surface area contributed by atoms with Gasteiger partial charge in [0.1, 0.15) is 0 Å². The number of rotatable bonds is 2. The zero-order valence-corrected chi connectivity index (χ0v) is 9.45. The van der Waals surface area contributed by atoms with E-state index in [0.29, 0.717) is 12.1 Å². The van der Waals surface area contributed by atoms with Crippen molar-refractivity contribution in [1.82, 2.24) is 5.32 Å². The number of hydrogen-bond donors (Lipinski definition) is 2. The van der Waals surface area contributed by atoms with Crippen LogP contribution in [0.1, 0.15) is 28.8 Å². The van der Waals surface area contributed by atoms with Gasteiger partial charge in [-0.15, -0.1) is 0 Å². The minimum atomic E-state index is -0.0474. The highest BCUT2D eigenvalue weighted by Crippen LogP contribution is 2.30.